The van der Waals surface area contributed by atoms with Crippen LogP contribution in [0.3, 0.4) is 0 Å². The summed E-state index contributed by atoms with van der Waals surface area (Å²) in [5.74, 6) is -0.659. The van der Waals surface area contributed by atoms with E-state index in [1.807, 2.05) is 30.3 Å². The minimum absolute atomic E-state index is 0.206. The number of anilines is 1. The molecule has 2 aromatic rings. The number of amides is 2. The first-order valence-electron chi connectivity index (χ1n) is 6.49. The van der Waals surface area contributed by atoms with Gasteiger partial charge in [0, 0.05) is 17.3 Å². The van der Waals surface area contributed by atoms with Gasteiger partial charge in [-0.3, -0.25) is 9.59 Å². The zero-order valence-corrected chi connectivity index (χ0v) is 12.1. The normalized spacial score (nSPS) is 9.95. The van der Waals surface area contributed by atoms with Gasteiger partial charge in [-0.15, -0.1) is 0 Å². The predicted octanol–water partition coefficient (Wildman–Crippen LogP) is 2.99. The summed E-state index contributed by atoms with van der Waals surface area (Å²) >= 11 is 5.78. The Balaban J connectivity index is 1.76. The number of benzene rings is 2. The molecule has 0 radical (unpaired) electrons. The second kappa shape index (κ2) is 7.45. The van der Waals surface area contributed by atoms with Crippen molar-refractivity contribution < 1.29 is 9.59 Å². The summed E-state index contributed by atoms with van der Waals surface area (Å²) in [4.78, 5) is 23.4. The number of carbonyl (C=O) groups excluding carboxylic acids is 2. The molecule has 0 bridgehead atoms. The molecule has 2 aromatic carbocycles. The molecule has 21 heavy (non-hydrogen) atoms. The molecular weight excluding hydrogens is 288 g/mol. The minimum atomic E-state index is -0.338. The van der Waals surface area contributed by atoms with Crippen LogP contribution in [0.1, 0.15) is 12.0 Å². The van der Waals surface area contributed by atoms with Gasteiger partial charge >= 0.3 is 0 Å². The minimum Gasteiger partial charge on any atom is -0.352 e. The third-order valence-electron chi connectivity index (χ3n) is 2.78. The van der Waals surface area contributed by atoms with Crippen LogP contribution in [0.2, 0.25) is 5.02 Å². The molecular formula is C16H15ClN2O2. The Hall–Kier alpha value is -2.33. The summed E-state index contributed by atoms with van der Waals surface area (Å²) in [6.45, 7) is 0.370. The molecule has 5 heteroatoms. The van der Waals surface area contributed by atoms with Gasteiger partial charge in [0.15, 0.2) is 0 Å². The summed E-state index contributed by atoms with van der Waals surface area (Å²) in [6.07, 6.45) is -0.206. The zero-order chi connectivity index (χ0) is 15.1. The molecule has 108 valence electrons. The molecule has 2 N–H and O–H groups in total. The Kier molecular flexibility index (Phi) is 5.35. The fraction of sp³-hybridized carbons (Fsp3) is 0.125. The van der Waals surface area contributed by atoms with E-state index in [1.54, 1.807) is 24.3 Å². The lowest BCUT2D eigenvalue weighted by atomic mass is 10.2. The zero-order valence-electron chi connectivity index (χ0n) is 11.3. The van der Waals surface area contributed by atoms with E-state index >= 15 is 0 Å². The fourth-order valence-corrected chi connectivity index (χ4v) is 1.86. The topological polar surface area (TPSA) is 58.2 Å². The summed E-state index contributed by atoms with van der Waals surface area (Å²) in [6, 6.07) is 16.2. The first kappa shape index (κ1) is 15.1. The lowest BCUT2D eigenvalue weighted by molar-refractivity contribution is -0.126. The van der Waals surface area contributed by atoms with Crippen molar-refractivity contribution >= 4 is 29.1 Å². The standard InChI is InChI=1S/C16H15ClN2O2/c17-13-8-6-12(7-9-13)11-18-15(20)10-16(21)19-14-4-2-1-3-5-14/h1-9H,10-11H2,(H,18,20)(H,19,21). The highest BCUT2D eigenvalue weighted by atomic mass is 35.5. The van der Waals surface area contributed by atoms with E-state index in [-0.39, 0.29) is 18.2 Å². The van der Waals surface area contributed by atoms with Crippen molar-refractivity contribution in [3.8, 4) is 0 Å². The van der Waals surface area contributed by atoms with Gasteiger partial charge in [0.1, 0.15) is 6.42 Å². The van der Waals surface area contributed by atoms with E-state index in [4.69, 9.17) is 11.6 Å². The van der Waals surface area contributed by atoms with Crippen LogP contribution in [0, 0.1) is 0 Å². The molecule has 0 heterocycles. The van der Waals surface area contributed by atoms with Crippen LogP contribution < -0.4 is 10.6 Å². The summed E-state index contributed by atoms with van der Waals surface area (Å²) in [5.41, 5.74) is 1.60. The van der Waals surface area contributed by atoms with Crippen molar-refractivity contribution in [2.75, 3.05) is 5.32 Å². The number of hydrogen-bond acceptors (Lipinski definition) is 2. The third kappa shape index (κ3) is 5.28. The first-order chi connectivity index (χ1) is 10.1. The Morgan fingerprint density at radius 3 is 2.24 bits per heavy atom. The lowest BCUT2D eigenvalue weighted by Gasteiger charge is -2.07. The lowest BCUT2D eigenvalue weighted by Crippen LogP contribution is -2.27. The van der Waals surface area contributed by atoms with Gasteiger partial charge < -0.3 is 10.6 Å². The maximum absolute atomic E-state index is 11.7. The number of carbonyl (C=O) groups is 2. The van der Waals surface area contributed by atoms with Crippen LogP contribution in [0.25, 0.3) is 0 Å². The van der Waals surface area contributed by atoms with Gasteiger partial charge in [-0.2, -0.15) is 0 Å². The van der Waals surface area contributed by atoms with E-state index in [0.29, 0.717) is 17.3 Å². The first-order valence-corrected chi connectivity index (χ1v) is 6.87. The molecule has 0 unspecified atom stereocenters. The molecule has 0 saturated carbocycles. The molecule has 0 aromatic heterocycles. The molecule has 0 fully saturated rings. The maximum atomic E-state index is 11.7. The average molecular weight is 303 g/mol. The smallest absolute Gasteiger partial charge is 0.233 e. The Morgan fingerprint density at radius 1 is 0.905 bits per heavy atom. The van der Waals surface area contributed by atoms with Crippen LogP contribution >= 0.6 is 11.6 Å². The Labute approximate surface area is 128 Å². The summed E-state index contributed by atoms with van der Waals surface area (Å²) in [7, 11) is 0. The molecule has 0 atom stereocenters. The number of rotatable bonds is 5. The highest BCUT2D eigenvalue weighted by Gasteiger charge is 2.09. The van der Waals surface area contributed by atoms with Crippen molar-refractivity contribution in [3.63, 3.8) is 0 Å². The number of nitrogens with one attached hydrogen (secondary N) is 2. The molecule has 0 aliphatic carbocycles. The van der Waals surface area contributed by atoms with E-state index < -0.39 is 0 Å². The Morgan fingerprint density at radius 2 is 1.57 bits per heavy atom. The van der Waals surface area contributed by atoms with Crippen molar-refractivity contribution in [1.82, 2.24) is 5.32 Å². The molecule has 2 amide bonds. The molecule has 4 nitrogen and oxygen atoms in total. The van der Waals surface area contributed by atoms with Gasteiger partial charge in [0.05, 0.1) is 0 Å². The molecule has 0 aliphatic rings. The highest BCUT2D eigenvalue weighted by Crippen LogP contribution is 2.09. The van der Waals surface area contributed by atoms with Gasteiger partial charge in [-0.25, -0.2) is 0 Å². The van der Waals surface area contributed by atoms with E-state index in [1.165, 1.54) is 0 Å². The second-order valence-corrected chi connectivity index (χ2v) is 4.93. The second-order valence-electron chi connectivity index (χ2n) is 4.49. The predicted molar refractivity (Wildman–Crippen MR) is 83.0 cm³/mol. The third-order valence-corrected chi connectivity index (χ3v) is 3.03. The van der Waals surface area contributed by atoms with E-state index in [9.17, 15) is 9.59 Å². The van der Waals surface area contributed by atoms with E-state index in [0.717, 1.165) is 5.56 Å². The summed E-state index contributed by atoms with van der Waals surface area (Å²) < 4.78 is 0. The van der Waals surface area contributed by atoms with Crippen molar-refractivity contribution in [2.45, 2.75) is 13.0 Å². The highest BCUT2D eigenvalue weighted by molar-refractivity contribution is 6.30. The largest absolute Gasteiger partial charge is 0.352 e. The fourth-order valence-electron chi connectivity index (χ4n) is 1.74. The quantitative estimate of drug-likeness (QED) is 0.834. The molecule has 2 rings (SSSR count). The number of hydrogen-bond donors (Lipinski definition) is 2. The van der Waals surface area contributed by atoms with Crippen LogP contribution in [0.15, 0.2) is 54.6 Å². The van der Waals surface area contributed by atoms with E-state index in [2.05, 4.69) is 10.6 Å². The van der Waals surface area contributed by atoms with Crippen molar-refractivity contribution in [3.05, 3.63) is 65.2 Å². The van der Waals surface area contributed by atoms with Crippen LogP contribution in [-0.2, 0) is 16.1 Å². The van der Waals surface area contributed by atoms with Crippen LogP contribution in [-0.4, -0.2) is 11.8 Å². The monoisotopic (exact) mass is 302 g/mol. The number of halogens is 1. The number of para-hydroxylation sites is 1. The SMILES string of the molecule is O=C(CC(=O)Nc1ccccc1)NCc1ccc(Cl)cc1. The van der Waals surface area contributed by atoms with Gasteiger partial charge in [0.2, 0.25) is 11.8 Å². The van der Waals surface area contributed by atoms with Gasteiger partial charge in [0.25, 0.3) is 0 Å². The molecule has 0 saturated heterocycles. The van der Waals surface area contributed by atoms with Crippen LogP contribution in [0.5, 0.6) is 0 Å². The van der Waals surface area contributed by atoms with Crippen molar-refractivity contribution in [1.29, 1.82) is 0 Å². The maximum Gasteiger partial charge on any atom is 0.233 e. The van der Waals surface area contributed by atoms with Crippen LogP contribution in [0.4, 0.5) is 5.69 Å². The molecule has 0 spiro atoms. The summed E-state index contributed by atoms with van der Waals surface area (Å²) in [5, 5.41) is 6.00. The average Bonchev–Trinajstić information content (AvgIpc) is 2.47. The Bertz CT molecular complexity index is 612. The van der Waals surface area contributed by atoms with Gasteiger partial charge in [-0.1, -0.05) is 41.9 Å². The van der Waals surface area contributed by atoms with Gasteiger partial charge in [-0.05, 0) is 29.8 Å². The molecule has 0 aliphatic heterocycles. The van der Waals surface area contributed by atoms with Crippen molar-refractivity contribution in [2.24, 2.45) is 0 Å².